The van der Waals surface area contributed by atoms with Gasteiger partial charge in [0.15, 0.2) is 0 Å². The van der Waals surface area contributed by atoms with E-state index in [1.165, 1.54) is 12.8 Å². The molecule has 3 heteroatoms. The Labute approximate surface area is 95.0 Å². The van der Waals surface area contributed by atoms with Crippen LogP contribution in [0.25, 0.3) is 0 Å². The van der Waals surface area contributed by atoms with Gasteiger partial charge in [-0.15, -0.1) is 0 Å². The zero-order chi connectivity index (χ0) is 10.6. The van der Waals surface area contributed by atoms with E-state index in [0.29, 0.717) is 12.0 Å². The van der Waals surface area contributed by atoms with Crippen molar-refractivity contribution in [1.82, 2.24) is 5.32 Å². The molecule has 0 aromatic carbocycles. The molecule has 1 aliphatic carbocycles. The molecule has 82 valence electrons. The van der Waals surface area contributed by atoms with Gasteiger partial charge in [-0.1, -0.05) is 36.2 Å². The molecule has 2 nitrogen and oxygen atoms in total. The molecule has 0 bridgehead atoms. The lowest BCUT2D eigenvalue weighted by molar-refractivity contribution is -0.126. The molecule has 3 atom stereocenters. The third-order valence-electron chi connectivity index (χ3n) is 3.22. The van der Waals surface area contributed by atoms with Crippen molar-refractivity contribution >= 4 is 21.8 Å². The smallest absolute Gasteiger partial charge is 0.223 e. The number of halogens is 1. The summed E-state index contributed by atoms with van der Waals surface area (Å²) in [5, 5.41) is 3.96. The lowest BCUT2D eigenvalue weighted by Gasteiger charge is -2.19. The molecular weight excluding hydrogens is 242 g/mol. The Bertz CT molecular complexity index is 192. The van der Waals surface area contributed by atoms with Crippen molar-refractivity contribution in [1.29, 1.82) is 0 Å². The highest BCUT2D eigenvalue weighted by atomic mass is 79.9. The van der Waals surface area contributed by atoms with Gasteiger partial charge in [0.25, 0.3) is 0 Å². The summed E-state index contributed by atoms with van der Waals surface area (Å²) in [5.74, 6) is 1.10. The zero-order valence-electron chi connectivity index (χ0n) is 9.05. The van der Waals surface area contributed by atoms with Crippen molar-refractivity contribution in [2.75, 3.05) is 5.33 Å². The molecule has 3 unspecified atom stereocenters. The number of carbonyl (C=O) groups excluding carboxylic acids is 1. The van der Waals surface area contributed by atoms with Gasteiger partial charge in [0.1, 0.15) is 0 Å². The second-order valence-corrected chi connectivity index (χ2v) is 4.93. The van der Waals surface area contributed by atoms with Crippen molar-refractivity contribution in [3.05, 3.63) is 0 Å². The maximum Gasteiger partial charge on any atom is 0.223 e. The van der Waals surface area contributed by atoms with Crippen LogP contribution >= 0.6 is 15.9 Å². The summed E-state index contributed by atoms with van der Waals surface area (Å²) in [6.07, 6.45) is 4.50. The van der Waals surface area contributed by atoms with E-state index in [1.54, 1.807) is 0 Å². The molecule has 1 aliphatic rings. The highest BCUT2D eigenvalue weighted by Gasteiger charge is 2.30. The largest absolute Gasteiger partial charge is 0.352 e. The van der Waals surface area contributed by atoms with Crippen LogP contribution in [0.1, 0.15) is 39.5 Å². The van der Waals surface area contributed by atoms with Gasteiger partial charge in [0.05, 0.1) is 0 Å². The van der Waals surface area contributed by atoms with Crippen LogP contribution in [0.15, 0.2) is 0 Å². The molecule has 1 saturated carbocycles. The van der Waals surface area contributed by atoms with E-state index >= 15 is 0 Å². The fraction of sp³-hybridized carbons (Fsp3) is 0.909. The maximum absolute atomic E-state index is 11.9. The summed E-state index contributed by atoms with van der Waals surface area (Å²) in [4.78, 5) is 11.9. The molecule has 0 aromatic heterocycles. The molecule has 0 saturated heterocycles. The first-order valence-electron chi connectivity index (χ1n) is 5.55. The first-order valence-corrected chi connectivity index (χ1v) is 6.67. The topological polar surface area (TPSA) is 29.1 Å². The predicted molar refractivity (Wildman–Crippen MR) is 62.5 cm³/mol. The Morgan fingerprint density at radius 3 is 2.71 bits per heavy atom. The van der Waals surface area contributed by atoms with E-state index in [1.807, 2.05) is 0 Å². The maximum atomic E-state index is 11.9. The summed E-state index contributed by atoms with van der Waals surface area (Å²) in [7, 11) is 0. The van der Waals surface area contributed by atoms with Crippen LogP contribution in [0.5, 0.6) is 0 Å². The number of alkyl halides is 1. The van der Waals surface area contributed by atoms with Crippen molar-refractivity contribution in [2.45, 2.75) is 45.6 Å². The average Bonchev–Trinajstić information content (AvgIpc) is 2.60. The molecule has 0 radical (unpaired) electrons. The second kappa shape index (κ2) is 5.74. The van der Waals surface area contributed by atoms with Crippen LogP contribution < -0.4 is 5.32 Å². The van der Waals surface area contributed by atoms with Crippen molar-refractivity contribution in [3.8, 4) is 0 Å². The first-order chi connectivity index (χ1) is 6.69. The molecule has 14 heavy (non-hydrogen) atoms. The molecular formula is C11H20BrNO. The van der Waals surface area contributed by atoms with Crippen molar-refractivity contribution < 1.29 is 4.79 Å². The number of rotatable bonds is 4. The predicted octanol–water partition coefficient (Wildman–Crippen LogP) is 2.71. The minimum Gasteiger partial charge on any atom is -0.352 e. The van der Waals surface area contributed by atoms with Crippen LogP contribution in [-0.2, 0) is 4.79 Å². The van der Waals surface area contributed by atoms with Crippen LogP contribution in [-0.4, -0.2) is 17.3 Å². The van der Waals surface area contributed by atoms with E-state index in [0.717, 1.165) is 18.2 Å². The molecule has 1 fully saturated rings. The summed E-state index contributed by atoms with van der Waals surface area (Å²) >= 11 is 3.41. The quantitative estimate of drug-likeness (QED) is 0.775. The number of nitrogens with one attached hydrogen (secondary N) is 1. The molecule has 0 aliphatic heterocycles. The zero-order valence-corrected chi connectivity index (χ0v) is 10.6. The summed E-state index contributed by atoms with van der Waals surface area (Å²) in [5.41, 5.74) is 0. The van der Waals surface area contributed by atoms with Gasteiger partial charge in [-0.05, 0) is 25.2 Å². The molecule has 0 spiro atoms. The molecule has 1 amide bonds. The van der Waals surface area contributed by atoms with E-state index in [-0.39, 0.29) is 11.8 Å². The van der Waals surface area contributed by atoms with Gasteiger partial charge in [-0.2, -0.15) is 0 Å². The summed E-state index contributed by atoms with van der Waals surface area (Å²) in [6, 6.07) is 0.301. The lowest BCUT2D eigenvalue weighted by Crippen LogP contribution is -2.40. The Morgan fingerprint density at radius 2 is 2.29 bits per heavy atom. The Balaban J connectivity index is 2.40. The molecule has 0 heterocycles. The first kappa shape index (κ1) is 12.0. The van der Waals surface area contributed by atoms with E-state index in [2.05, 4.69) is 35.1 Å². The van der Waals surface area contributed by atoms with Gasteiger partial charge in [-0.3, -0.25) is 4.79 Å². The lowest BCUT2D eigenvalue weighted by atomic mass is 9.97. The fourth-order valence-electron chi connectivity index (χ4n) is 2.09. The summed E-state index contributed by atoms with van der Waals surface area (Å²) < 4.78 is 0. The Kier molecular flexibility index (Phi) is 4.93. The minimum absolute atomic E-state index is 0.265. The Hall–Kier alpha value is -0.0500. The van der Waals surface area contributed by atoms with Gasteiger partial charge < -0.3 is 5.32 Å². The van der Waals surface area contributed by atoms with Crippen molar-refractivity contribution in [3.63, 3.8) is 0 Å². The van der Waals surface area contributed by atoms with Crippen LogP contribution in [0.2, 0.25) is 0 Å². The van der Waals surface area contributed by atoms with Gasteiger partial charge in [0, 0.05) is 17.3 Å². The third kappa shape index (κ3) is 2.97. The number of carbonyl (C=O) groups is 1. The number of hydrogen-bond acceptors (Lipinski definition) is 1. The van der Waals surface area contributed by atoms with Crippen LogP contribution in [0.4, 0.5) is 0 Å². The minimum atomic E-state index is 0.265. The van der Waals surface area contributed by atoms with E-state index < -0.39 is 0 Å². The average molecular weight is 262 g/mol. The van der Waals surface area contributed by atoms with Crippen molar-refractivity contribution in [2.24, 2.45) is 11.8 Å². The molecule has 0 aromatic rings. The SMILES string of the molecule is CCC(CBr)NC(=O)C1CCCC1C. The van der Waals surface area contributed by atoms with Crippen LogP contribution in [0, 0.1) is 11.8 Å². The van der Waals surface area contributed by atoms with Crippen LogP contribution in [0.3, 0.4) is 0 Å². The standard InChI is InChI=1S/C11H20BrNO/c1-3-9(7-12)13-11(14)10-6-4-5-8(10)2/h8-10H,3-7H2,1-2H3,(H,13,14). The monoisotopic (exact) mass is 261 g/mol. The highest BCUT2D eigenvalue weighted by molar-refractivity contribution is 9.09. The number of hydrogen-bond donors (Lipinski definition) is 1. The van der Waals surface area contributed by atoms with E-state index in [4.69, 9.17) is 0 Å². The second-order valence-electron chi connectivity index (χ2n) is 4.28. The summed E-state index contributed by atoms with van der Waals surface area (Å²) in [6.45, 7) is 4.29. The fourth-order valence-corrected chi connectivity index (χ4v) is 2.71. The van der Waals surface area contributed by atoms with E-state index in [9.17, 15) is 4.79 Å². The molecule has 1 rings (SSSR count). The van der Waals surface area contributed by atoms with Gasteiger partial charge in [-0.25, -0.2) is 0 Å². The normalized spacial score (nSPS) is 28.8. The molecule has 1 N–H and O–H groups in total. The highest BCUT2D eigenvalue weighted by Crippen LogP contribution is 2.31. The van der Waals surface area contributed by atoms with Gasteiger partial charge in [0.2, 0.25) is 5.91 Å². The van der Waals surface area contributed by atoms with Gasteiger partial charge >= 0.3 is 0 Å². The Morgan fingerprint density at radius 1 is 1.57 bits per heavy atom. The third-order valence-corrected chi connectivity index (χ3v) is 4.01. The number of amides is 1.